The lowest BCUT2D eigenvalue weighted by molar-refractivity contribution is -0.605. The van der Waals surface area contributed by atoms with Crippen LogP contribution < -0.4 is 9.47 Å². The maximum absolute atomic E-state index is 12.1. The zero-order chi connectivity index (χ0) is 14.4. The highest BCUT2D eigenvalue weighted by atomic mass is 16.5. The molecule has 0 fully saturated rings. The van der Waals surface area contributed by atoms with Crippen molar-refractivity contribution >= 4 is 5.91 Å². The Morgan fingerprint density at radius 1 is 1.20 bits per heavy atom. The zero-order valence-corrected chi connectivity index (χ0v) is 11.2. The number of aromatic nitrogens is 1. The molecule has 0 saturated heterocycles. The smallest absolute Gasteiger partial charge is 0.254 e. The van der Waals surface area contributed by atoms with Gasteiger partial charge in [-0.25, -0.2) is 0 Å². The monoisotopic (exact) mass is 272 g/mol. The minimum absolute atomic E-state index is 0.137. The second-order valence-electron chi connectivity index (χ2n) is 4.33. The first-order chi connectivity index (χ1) is 9.66. The van der Waals surface area contributed by atoms with Crippen LogP contribution in [0.25, 0.3) is 0 Å². The van der Waals surface area contributed by atoms with E-state index in [-0.39, 0.29) is 5.91 Å². The molecule has 0 radical (unpaired) electrons. The lowest BCUT2D eigenvalue weighted by Gasteiger charge is -2.17. The van der Waals surface area contributed by atoms with E-state index in [1.807, 2.05) is 30.3 Å². The summed E-state index contributed by atoms with van der Waals surface area (Å²) in [5.41, 5.74) is 0.485. The highest BCUT2D eigenvalue weighted by Crippen LogP contribution is 2.08. The van der Waals surface area contributed by atoms with E-state index in [2.05, 4.69) is 0 Å². The van der Waals surface area contributed by atoms with Gasteiger partial charge in [-0.3, -0.25) is 4.79 Å². The molecule has 0 saturated carbocycles. The van der Waals surface area contributed by atoms with E-state index in [0.717, 1.165) is 5.75 Å². The summed E-state index contributed by atoms with van der Waals surface area (Å²) in [5.74, 6) is 0.641. The number of carbonyl (C=O) groups excluding carboxylic acids is 1. The molecule has 0 aliphatic heterocycles. The van der Waals surface area contributed by atoms with Crippen LogP contribution in [0.5, 0.6) is 5.75 Å². The van der Waals surface area contributed by atoms with Crippen molar-refractivity contribution in [1.82, 2.24) is 4.90 Å². The molecular formula is C15H16N2O3. The fourth-order valence-corrected chi connectivity index (χ4v) is 1.69. The van der Waals surface area contributed by atoms with Crippen LogP contribution in [-0.2, 0) is 0 Å². The van der Waals surface area contributed by atoms with Gasteiger partial charge in [0.2, 0.25) is 0 Å². The molecular weight excluding hydrogens is 256 g/mol. The summed E-state index contributed by atoms with van der Waals surface area (Å²) in [7, 11) is 1.70. The summed E-state index contributed by atoms with van der Waals surface area (Å²) in [6.07, 6.45) is 2.61. The molecule has 0 spiro atoms. The van der Waals surface area contributed by atoms with Crippen LogP contribution in [0, 0.1) is 5.21 Å². The summed E-state index contributed by atoms with van der Waals surface area (Å²) in [6, 6.07) is 12.4. The van der Waals surface area contributed by atoms with Gasteiger partial charge in [0.15, 0.2) is 12.4 Å². The average Bonchev–Trinajstić information content (AvgIpc) is 2.48. The summed E-state index contributed by atoms with van der Waals surface area (Å²) in [4.78, 5) is 13.6. The van der Waals surface area contributed by atoms with E-state index in [0.29, 0.717) is 23.4 Å². The van der Waals surface area contributed by atoms with Gasteiger partial charge in [0.25, 0.3) is 5.91 Å². The maximum Gasteiger partial charge on any atom is 0.254 e. The molecule has 2 aromatic rings. The van der Waals surface area contributed by atoms with Gasteiger partial charge in [0.05, 0.1) is 12.1 Å². The van der Waals surface area contributed by atoms with E-state index >= 15 is 0 Å². The lowest BCUT2D eigenvalue weighted by Crippen LogP contribution is -2.32. The Bertz CT molecular complexity index is 555. The van der Waals surface area contributed by atoms with Crippen molar-refractivity contribution in [3.05, 3.63) is 65.6 Å². The molecule has 0 N–H and O–H groups in total. The highest BCUT2D eigenvalue weighted by Gasteiger charge is 2.12. The average molecular weight is 272 g/mol. The van der Waals surface area contributed by atoms with Crippen LogP contribution in [0.4, 0.5) is 0 Å². The Kier molecular flexibility index (Phi) is 4.55. The van der Waals surface area contributed by atoms with E-state index in [9.17, 15) is 10.0 Å². The van der Waals surface area contributed by atoms with Gasteiger partial charge >= 0.3 is 0 Å². The molecule has 20 heavy (non-hydrogen) atoms. The van der Waals surface area contributed by atoms with E-state index in [1.165, 1.54) is 24.5 Å². The number of hydrogen-bond acceptors (Lipinski definition) is 3. The molecule has 0 aliphatic rings. The molecule has 5 heteroatoms. The molecule has 1 heterocycles. The summed E-state index contributed by atoms with van der Waals surface area (Å²) in [5, 5.41) is 10.9. The van der Waals surface area contributed by atoms with Gasteiger partial charge in [-0.15, -0.1) is 0 Å². The van der Waals surface area contributed by atoms with Crippen molar-refractivity contribution in [2.24, 2.45) is 0 Å². The van der Waals surface area contributed by atoms with Gasteiger partial charge in [-0.2, -0.15) is 4.73 Å². The van der Waals surface area contributed by atoms with Gasteiger partial charge in [-0.1, -0.05) is 18.2 Å². The molecule has 1 aromatic heterocycles. The van der Waals surface area contributed by atoms with Crippen molar-refractivity contribution in [3.63, 3.8) is 0 Å². The van der Waals surface area contributed by atoms with E-state index < -0.39 is 0 Å². The number of benzene rings is 1. The van der Waals surface area contributed by atoms with Gasteiger partial charge in [-0.05, 0) is 12.1 Å². The summed E-state index contributed by atoms with van der Waals surface area (Å²) < 4.78 is 6.18. The van der Waals surface area contributed by atoms with Crippen LogP contribution in [0.3, 0.4) is 0 Å². The first-order valence-electron chi connectivity index (χ1n) is 6.29. The predicted octanol–water partition coefficient (Wildman–Crippen LogP) is 1.47. The SMILES string of the molecule is CN(CCOc1ccccc1)C(=O)c1cc[n+]([O-])cc1. The van der Waals surface area contributed by atoms with Gasteiger partial charge in [0.1, 0.15) is 12.4 Å². The van der Waals surface area contributed by atoms with Gasteiger partial charge < -0.3 is 14.8 Å². The Labute approximate surface area is 117 Å². The summed E-state index contributed by atoms with van der Waals surface area (Å²) in [6.45, 7) is 0.890. The van der Waals surface area contributed by atoms with Gasteiger partial charge in [0, 0.05) is 19.2 Å². The third-order valence-corrected chi connectivity index (χ3v) is 2.83. The molecule has 0 bridgehead atoms. The fraction of sp³-hybridized carbons (Fsp3) is 0.200. The topological polar surface area (TPSA) is 56.5 Å². The molecule has 0 unspecified atom stereocenters. The normalized spacial score (nSPS) is 10.1. The number of carbonyl (C=O) groups is 1. The molecule has 104 valence electrons. The van der Waals surface area contributed by atoms with E-state index in [1.54, 1.807) is 11.9 Å². The quantitative estimate of drug-likeness (QED) is 0.612. The van der Waals surface area contributed by atoms with Crippen molar-refractivity contribution in [1.29, 1.82) is 0 Å². The molecule has 2 rings (SSSR count). The van der Waals surface area contributed by atoms with Crippen molar-refractivity contribution in [2.75, 3.05) is 20.2 Å². The van der Waals surface area contributed by atoms with Crippen LogP contribution >= 0.6 is 0 Å². The van der Waals surface area contributed by atoms with Crippen molar-refractivity contribution in [2.45, 2.75) is 0 Å². The number of pyridine rings is 1. The predicted molar refractivity (Wildman–Crippen MR) is 74.3 cm³/mol. The largest absolute Gasteiger partial charge is 0.619 e. The maximum atomic E-state index is 12.1. The van der Waals surface area contributed by atoms with Crippen LogP contribution in [0.1, 0.15) is 10.4 Å². The van der Waals surface area contributed by atoms with Crippen LogP contribution in [0.15, 0.2) is 54.9 Å². The van der Waals surface area contributed by atoms with E-state index in [4.69, 9.17) is 4.74 Å². The number of likely N-dealkylation sites (N-methyl/N-ethyl adjacent to an activating group) is 1. The Morgan fingerprint density at radius 2 is 1.85 bits per heavy atom. The minimum Gasteiger partial charge on any atom is -0.619 e. The number of para-hydroxylation sites is 1. The number of hydrogen-bond donors (Lipinski definition) is 0. The molecule has 0 aliphatic carbocycles. The number of amides is 1. The number of nitrogens with zero attached hydrogens (tertiary/aromatic N) is 2. The Balaban J connectivity index is 1.84. The van der Waals surface area contributed by atoms with Crippen LogP contribution in [0.2, 0.25) is 0 Å². The Morgan fingerprint density at radius 3 is 2.50 bits per heavy atom. The number of ether oxygens (including phenoxy) is 1. The Hall–Kier alpha value is -2.56. The molecule has 1 aromatic carbocycles. The zero-order valence-electron chi connectivity index (χ0n) is 11.2. The molecule has 0 atom stereocenters. The third-order valence-electron chi connectivity index (χ3n) is 2.83. The molecule has 1 amide bonds. The highest BCUT2D eigenvalue weighted by molar-refractivity contribution is 5.93. The first kappa shape index (κ1) is 13.9. The third kappa shape index (κ3) is 3.71. The second-order valence-corrected chi connectivity index (χ2v) is 4.33. The fourth-order valence-electron chi connectivity index (χ4n) is 1.69. The summed E-state index contributed by atoms with van der Waals surface area (Å²) >= 11 is 0. The molecule has 5 nitrogen and oxygen atoms in total. The standard InChI is InChI=1S/C15H16N2O3/c1-16(11-12-20-14-5-3-2-4-6-14)15(18)13-7-9-17(19)10-8-13/h2-10H,11-12H2,1H3. The van der Waals surface area contributed by atoms with Crippen LogP contribution in [-0.4, -0.2) is 31.0 Å². The first-order valence-corrected chi connectivity index (χ1v) is 6.29. The number of rotatable bonds is 5. The van der Waals surface area contributed by atoms with Crippen molar-refractivity contribution in [3.8, 4) is 5.75 Å². The minimum atomic E-state index is -0.137. The van der Waals surface area contributed by atoms with Crippen molar-refractivity contribution < 1.29 is 14.3 Å². The second kappa shape index (κ2) is 6.56. The lowest BCUT2D eigenvalue weighted by atomic mass is 10.2.